The number of nitrogens with two attached hydrogens (primary N) is 1. The van der Waals surface area contributed by atoms with Crippen LogP contribution in [0.2, 0.25) is 5.02 Å². The number of hydrogen-bond acceptors (Lipinski definition) is 3. The molecule has 1 aromatic carbocycles. The molecule has 2 rings (SSSR count). The molecule has 0 aliphatic carbocycles. The minimum Gasteiger partial charge on any atom is -0.271 e. The van der Waals surface area contributed by atoms with Crippen molar-refractivity contribution in [3.63, 3.8) is 0 Å². The maximum atomic E-state index is 6.27. The molecule has 1 unspecified atom stereocenters. The van der Waals surface area contributed by atoms with E-state index in [0.29, 0.717) is 0 Å². The van der Waals surface area contributed by atoms with E-state index >= 15 is 0 Å². The van der Waals surface area contributed by atoms with Gasteiger partial charge in [0, 0.05) is 17.4 Å². The Morgan fingerprint density at radius 1 is 1.32 bits per heavy atom. The Morgan fingerprint density at radius 3 is 2.74 bits per heavy atom. The number of nitrogens with one attached hydrogen (secondary N) is 1. The number of benzene rings is 1. The second kappa shape index (κ2) is 6.15. The van der Waals surface area contributed by atoms with Crippen LogP contribution in [-0.2, 0) is 6.42 Å². The third kappa shape index (κ3) is 3.32. The number of aromatic nitrogens is 1. The average molecular weight is 276 g/mol. The van der Waals surface area contributed by atoms with Crippen LogP contribution < -0.4 is 11.3 Å². The van der Waals surface area contributed by atoms with Gasteiger partial charge < -0.3 is 0 Å². The molecule has 3 nitrogen and oxygen atoms in total. The second-order valence-electron chi connectivity index (χ2n) is 4.75. The van der Waals surface area contributed by atoms with E-state index in [1.807, 2.05) is 31.3 Å². The van der Waals surface area contributed by atoms with Gasteiger partial charge in [-0.3, -0.25) is 16.3 Å². The molecule has 1 aromatic heterocycles. The van der Waals surface area contributed by atoms with Gasteiger partial charge in [0.2, 0.25) is 0 Å². The van der Waals surface area contributed by atoms with Crippen molar-refractivity contribution in [2.45, 2.75) is 26.3 Å². The van der Waals surface area contributed by atoms with Gasteiger partial charge in [0.05, 0.1) is 6.04 Å². The number of rotatable bonds is 4. The number of nitrogens with zero attached hydrogens (tertiary/aromatic N) is 1. The maximum absolute atomic E-state index is 6.27. The van der Waals surface area contributed by atoms with Gasteiger partial charge in [-0.15, -0.1) is 0 Å². The van der Waals surface area contributed by atoms with Crippen molar-refractivity contribution in [1.29, 1.82) is 0 Å². The Labute approximate surface area is 118 Å². The quantitative estimate of drug-likeness (QED) is 0.666. The van der Waals surface area contributed by atoms with Crippen molar-refractivity contribution in [1.82, 2.24) is 10.4 Å². The number of aryl methyl sites for hydroxylation is 2. The van der Waals surface area contributed by atoms with Crippen LogP contribution in [0.1, 0.15) is 28.3 Å². The summed E-state index contributed by atoms with van der Waals surface area (Å²) in [6.45, 7) is 4.08. The molecule has 0 aliphatic rings. The number of hydrazine groups is 1. The van der Waals surface area contributed by atoms with E-state index in [0.717, 1.165) is 28.1 Å². The van der Waals surface area contributed by atoms with Crippen LogP contribution >= 0.6 is 11.6 Å². The van der Waals surface area contributed by atoms with Gasteiger partial charge in [0.25, 0.3) is 0 Å². The smallest absolute Gasteiger partial charge is 0.0518 e. The normalized spacial score (nSPS) is 12.4. The molecule has 2 aromatic rings. The highest BCUT2D eigenvalue weighted by molar-refractivity contribution is 6.31. The lowest BCUT2D eigenvalue weighted by molar-refractivity contribution is 0.547. The van der Waals surface area contributed by atoms with Gasteiger partial charge in [-0.05, 0) is 54.7 Å². The van der Waals surface area contributed by atoms with E-state index in [9.17, 15) is 0 Å². The van der Waals surface area contributed by atoms with E-state index in [2.05, 4.69) is 23.4 Å². The molecule has 1 heterocycles. The number of hydrogen-bond donors (Lipinski definition) is 2. The Kier molecular flexibility index (Phi) is 4.53. The molecule has 100 valence electrons. The molecule has 0 bridgehead atoms. The fraction of sp³-hybridized carbons (Fsp3) is 0.267. The summed E-state index contributed by atoms with van der Waals surface area (Å²) in [5.74, 6) is 5.68. The lowest BCUT2D eigenvalue weighted by atomic mass is 9.97. The SMILES string of the molecule is Cc1ccc(CC(NN)c2cnccc2C)c(Cl)c1. The van der Waals surface area contributed by atoms with E-state index in [1.165, 1.54) is 5.56 Å². The van der Waals surface area contributed by atoms with Crippen molar-refractivity contribution < 1.29 is 0 Å². The zero-order valence-electron chi connectivity index (χ0n) is 11.2. The molecule has 0 amide bonds. The maximum Gasteiger partial charge on any atom is 0.0518 e. The number of pyridine rings is 1. The van der Waals surface area contributed by atoms with E-state index in [4.69, 9.17) is 17.4 Å². The largest absolute Gasteiger partial charge is 0.271 e. The van der Waals surface area contributed by atoms with Crippen LogP contribution in [0.5, 0.6) is 0 Å². The van der Waals surface area contributed by atoms with Gasteiger partial charge in [0.15, 0.2) is 0 Å². The molecule has 19 heavy (non-hydrogen) atoms. The minimum atomic E-state index is 0.00825. The Hall–Kier alpha value is -1.42. The molecule has 0 saturated heterocycles. The fourth-order valence-electron chi connectivity index (χ4n) is 2.14. The van der Waals surface area contributed by atoms with Gasteiger partial charge in [0.1, 0.15) is 0 Å². The van der Waals surface area contributed by atoms with Crippen molar-refractivity contribution in [2.24, 2.45) is 5.84 Å². The van der Waals surface area contributed by atoms with E-state index < -0.39 is 0 Å². The first-order valence-corrected chi connectivity index (χ1v) is 6.61. The highest BCUT2D eigenvalue weighted by Crippen LogP contribution is 2.25. The van der Waals surface area contributed by atoms with Crippen LogP contribution in [0.4, 0.5) is 0 Å². The summed E-state index contributed by atoms with van der Waals surface area (Å²) in [4.78, 5) is 4.16. The zero-order chi connectivity index (χ0) is 13.8. The van der Waals surface area contributed by atoms with Gasteiger partial charge in [-0.25, -0.2) is 0 Å². The minimum absolute atomic E-state index is 0.00825. The highest BCUT2D eigenvalue weighted by Gasteiger charge is 2.14. The highest BCUT2D eigenvalue weighted by atomic mass is 35.5. The third-order valence-electron chi connectivity index (χ3n) is 3.29. The van der Waals surface area contributed by atoms with Crippen molar-refractivity contribution in [3.8, 4) is 0 Å². The van der Waals surface area contributed by atoms with Crippen molar-refractivity contribution >= 4 is 11.6 Å². The topological polar surface area (TPSA) is 50.9 Å². The first kappa shape index (κ1) is 14.0. The van der Waals surface area contributed by atoms with Crippen LogP contribution in [-0.4, -0.2) is 4.98 Å². The number of halogens is 1. The molecule has 1 atom stereocenters. The molecule has 0 saturated carbocycles. The van der Waals surface area contributed by atoms with Crippen LogP contribution in [0.15, 0.2) is 36.7 Å². The van der Waals surface area contributed by atoms with Crippen LogP contribution in [0, 0.1) is 13.8 Å². The molecule has 0 fully saturated rings. The van der Waals surface area contributed by atoms with Crippen LogP contribution in [0.3, 0.4) is 0 Å². The zero-order valence-corrected chi connectivity index (χ0v) is 11.9. The predicted octanol–water partition coefficient (Wildman–Crippen LogP) is 3.10. The first-order valence-electron chi connectivity index (χ1n) is 6.23. The van der Waals surface area contributed by atoms with Gasteiger partial charge in [-0.1, -0.05) is 23.7 Å². The van der Waals surface area contributed by atoms with Crippen molar-refractivity contribution in [2.75, 3.05) is 0 Å². The molecular weight excluding hydrogens is 258 g/mol. The summed E-state index contributed by atoms with van der Waals surface area (Å²) in [6, 6.07) is 8.07. The molecule has 0 aliphatic heterocycles. The molecular formula is C15H18ClN3. The van der Waals surface area contributed by atoms with E-state index in [1.54, 1.807) is 6.20 Å². The summed E-state index contributed by atoms with van der Waals surface area (Å²) in [7, 11) is 0. The third-order valence-corrected chi connectivity index (χ3v) is 3.64. The summed E-state index contributed by atoms with van der Waals surface area (Å²) >= 11 is 6.27. The predicted molar refractivity (Wildman–Crippen MR) is 78.9 cm³/mol. The van der Waals surface area contributed by atoms with Crippen molar-refractivity contribution in [3.05, 3.63) is 63.9 Å². The standard InChI is InChI=1S/C15H18ClN3/c1-10-3-4-12(14(16)7-10)8-15(19-17)13-9-18-6-5-11(13)2/h3-7,9,15,19H,8,17H2,1-2H3. The molecule has 3 N–H and O–H groups in total. The Morgan fingerprint density at radius 2 is 2.11 bits per heavy atom. The molecule has 4 heteroatoms. The van der Waals surface area contributed by atoms with E-state index in [-0.39, 0.29) is 6.04 Å². The summed E-state index contributed by atoms with van der Waals surface area (Å²) in [6.07, 6.45) is 4.37. The summed E-state index contributed by atoms with van der Waals surface area (Å²) < 4.78 is 0. The lowest BCUT2D eigenvalue weighted by Gasteiger charge is -2.19. The van der Waals surface area contributed by atoms with Gasteiger partial charge in [-0.2, -0.15) is 0 Å². The summed E-state index contributed by atoms with van der Waals surface area (Å²) in [5, 5.41) is 0.779. The lowest BCUT2D eigenvalue weighted by Crippen LogP contribution is -2.30. The monoisotopic (exact) mass is 275 g/mol. The second-order valence-corrected chi connectivity index (χ2v) is 5.16. The van der Waals surface area contributed by atoms with Crippen LogP contribution in [0.25, 0.3) is 0 Å². The molecule has 0 radical (unpaired) electrons. The first-order chi connectivity index (χ1) is 9.11. The Bertz CT molecular complexity index is 569. The molecule has 0 spiro atoms. The average Bonchev–Trinajstić information content (AvgIpc) is 2.39. The Balaban J connectivity index is 2.27. The summed E-state index contributed by atoms with van der Waals surface area (Å²) in [5.41, 5.74) is 7.36. The van der Waals surface area contributed by atoms with Gasteiger partial charge >= 0.3 is 0 Å². The fourth-order valence-corrected chi connectivity index (χ4v) is 2.45.